The van der Waals surface area contributed by atoms with Crippen molar-refractivity contribution in [2.45, 2.75) is 29.7 Å². The van der Waals surface area contributed by atoms with E-state index in [1.807, 2.05) is 29.2 Å². The first kappa shape index (κ1) is 24.0. The number of amides is 1. The maximum absolute atomic E-state index is 13.5. The van der Waals surface area contributed by atoms with Gasteiger partial charge in [0.25, 0.3) is 0 Å². The van der Waals surface area contributed by atoms with Crippen molar-refractivity contribution in [1.29, 1.82) is 0 Å². The van der Waals surface area contributed by atoms with Crippen molar-refractivity contribution >= 4 is 27.5 Å². The number of halogens is 1. The molecule has 0 aromatic heterocycles. The first-order chi connectivity index (χ1) is 15.8. The third kappa shape index (κ3) is 5.51. The van der Waals surface area contributed by atoms with Gasteiger partial charge >= 0.3 is 0 Å². The fourth-order valence-electron chi connectivity index (χ4n) is 4.81. The number of methoxy groups -OCH3 is 1. The fourth-order valence-corrected chi connectivity index (χ4v) is 6.37. The Morgan fingerprint density at radius 2 is 1.76 bits per heavy atom. The molecule has 9 heteroatoms. The lowest BCUT2D eigenvalue weighted by Gasteiger charge is -2.35. The maximum Gasteiger partial charge on any atom is 0.240 e. The van der Waals surface area contributed by atoms with Gasteiger partial charge < -0.3 is 14.5 Å². The Morgan fingerprint density at radius 3 is 2.39 bits per heavy atom. The predicted molar refractivity (Wildman–Crippen MR) is 128 cm³/mol. The van der Waals surface area contributed by atoms with Gasteiger partial charge in [-0.25, -0.2) is 13.1 Å². The summed E-state index contributed by atoms with van der Waals surface area (Å²) in [7, 11) is -0.0800. The summed E-state index contributed by atoms with van der Waals surface area (Å²) >= 11 is 6.00. The summed E-state index contributed by atoms with van der Waals surface area (Å²) in [5, 5.41) is 0.364. The van der Waals surface area contributed by atoms with Crippen molar-refractivity contribution in [3.8, 4) is 5.75 Å². The standard InChI is InChI=1S/C24H30ClN3O4S/c1-27-10-12-28(13-11-27)24(29)23-16-19(15-22(23)17-6-8-20(32-2)9-7-17)26-33(30,31)21-5-3-4-18(25)14-21/h3-9,14,19,22-23,26H,10-13,15-16H2,1-2H3/t19-,22+,23-/m0/s1. The van der Waals surface area contributed by atoms with Crippen LogP contribution < -0.4 is 9.46 Å². The molecule has 3 atom stereocenters. The molecular weight excluding hydrogens is 462 g/mol. The zero-order valence-corrected chi connectivity index (χ0v) is 20.5. The Kier molecular flexibility index (Phi) is 7.28. The number of piperazine rings is 1. The lowest BCUT2D eigenvalue weighted by Crippen LogP contribution is -2.49. The molecule has 2 aliphatic rings. The number of sulfonamides is 1. The molecule has 0 bridgehead atoms. The molecule has 1 amide bonds. The van der Waals surface area contributed by atoms with Crippen LogP contribution in [0.4, 0.5) is 0 Å². The molecule has 2 aromatic carbocycles. The van der Waals surface area contributed by atoms with Crippen molar-refractivity contribution in [3.63, 3.8) is 0 Å². The van der Waals surface area contributed by atoms with Crippen LogP contribution in [0.25, 0.3) is 0 Å². The molecule has 7 nitrogen and oxygen atoms in total. The first-order valence-electron chi connectivity index (χ1n) is 11.2. The number of ether oxygens (including phenoxy) is 1. The number of carbonyl (C=O) groups excluding carboxylic acids is 1. The minimum atomic E-state index is -3.75. The number of hydrogen-bond acceptors (Lipinski definition) is 5. The molecule has 1 heterocycles. The molecular formula is C24H30ClN3O4S. The molecule has 178 valence electrons. The van der Waals surface area contributed by atoms with Crippen LogP contribution >= 0.6 is 11.6 Å². The number of nitrogens with one attached hydrogen (secondary N) is 1. The Bertz CT molecular complexity index is 1090. The number of benzene rings is 2. The minimum Gasteiger partial charge on any atom is -0.497 e. The zero-order chi connectivity index (χ0) is 23.6. The van der Waals surface area contributed by atoms with E-state index in [0.717, 1.165) is 24.4 Å². The SMILES string of the molecule is COc1ccc([C@H]2C[C@H](NS(=O)(=O)c3cccc(Cl)c3)C[C@@H]2C(=O)N2CCN(C)CC2)cc1. The van der Waals surface area contributed by atoms with Gasteiger partial charge in [0.1, 0.15) is 5.75 Å². The smallest absolute Gasteiger partial charge is 0.240 e. The number of nitrogens with zero attached hydrogens (tertiary/aromatic N) is 2. The second kappa shape index (κ2) is 10.0. The third-order valence-corrected chi connectivity index (χ3v) is 8.42. The molecule has 1 aliphatic carbocycles. The van der Waals surface area contributed by atoms with Crippen molar-refractivity contribution < 1.29 is 17.9 Å². The van der Waals surface area contributed by atoms with Gasteiger partial charge in [-0.05, 0) is 61.7 Å². The number of hydrogen-bond donors (Lipinski definition) is 1. The number of carbonyl (C=O) groups is 1. The third-order valence-electron chi connectivity index (χ3n) is 6.67. The van der Waals surface area contributed by atoms with Gasteiger partial charge in [-0.15, -0.1) is 0 Å². The second-order valence-electron chi connectivity index (χ2n) is 8.86. The Balaban J connectivity index is 1.57. The monoisotopic (exact) mass is 491 g/mol. The van der Waals surface area contributed by atoms with Crippen molar-refractivity contribution in [2.24, 2.45) is 5.92 Å². The van der Waals surface area contributed by atoms with Crippen molar-refractivity contribution in [1.82, 2.24) is 14.5 Å². The molecule has 1 saturated heterocycles. The maximum atomic E-state index is 13.5. The van der Waals surface area contributed by atoms with Crippen LogP contribution in [-0.4, -0.2) is 70.5 Å². The summed E-state index contributed by atoms with van der Waals surface area (Å²) in [6, 6.07) is 13.6. The summed E-state index contributed by atoms with van der Waals surface area (Å²) in [5.74, 6) is 0.495. The highest BCUT2D eigenvalue weighted by Crippen LogP contribution is 2.42. The van der Waals surface area contributed by atoms with E-state index in [1.165, 1.54) is 12.1 Å². The van der Waals surface area contributed by atoms with Gasteiger partial charge in [0.05, 0.1) is 12.0 Å². The van der Waals surface area contributed by atoms with Crippen LogP contribution in [0.1, 0.15) is 24.3 Å². The summed E-state index contributed by atoms with van der Waals surface area (Å²) in [6.07, 6.45) is 1.01. The van der Waals surface area contributed by atoms with Crippen LogP contribution in [0, 0.1) is 5.92 Å². The molecule has 33 heavy (non-hydrogen) atoms. The van der Waals surface area contributed by atoms with E-state index in [4.69, 9.17) is 16.3 Å². The minimum absolute atomic E-state index is 0.0740. The Morgan fingerprint density at radius 1 is 1.06 bits per heavy atom. The highest BCUT2D eigenvalue weighted by Gasteiger charge is 2.43. The van der Waals surface area contributed by atoms with Gasteiger partial charge in [-0.1, -0.05) is 29.8 Å². The fraction of sp³-hybridized carbons (Fsp3) is 0.458. The summed E-state index contributed by atoms with van der Waals surface area (Å²) < 4.78 is 34.1. The number of rotatable bonds is 6. The average molecular weight is 492 g/mol. The van der Waals surface area contributed by atoms with E-state index in [9.17, 15) is 13.2 Å². The topological polar surface area (TPSA) is 78.9 Å². The predicted octanol–water partition coefficient (Wildman–Crippen LogP) is 2.96. The highest BCUT2D eigenvalue weighted by molar-refractivity contribution is 7.89. The van der Waals surface area contributed by atoms with E-state index in [0.29, 0.717) is 31.0 Å². The van der Waals surface area contributed by atoms with E-state index >= 15 is 0 Å². The van der Waals surface area contributed by atoms with Crippen LogP contribution in [0.3, 0.4) is 0 Å². The molecule has 2 fully saturated rings. The Hall–Kier alpha value is -2.13. The van der Waals surface area contributed by atoms with Crippen LogP contribution in [0.2, 0.25) is 5.02 Å². The van der Waals surface area contributed by atoms with E-state index in [2.05, 4.69) is 16.7 Å². The molecule has 1 N–H and O–H groups in total. The van der Waals surface area contributed by atoms with Crippen LogP contribution in [0.15, 0.2) is 53.4 Å². The molecule has 1 aliphatic heterocycles. The van der Waals surface area contributed by atoms with Gasteiger partial charge in [0.15, 0.2) is 0 Å². The van der Waals surface area contributed by atoms with Gasteiger partial charge in [-0.2, -0.15) is 0 Å². The van der Waals surface area contributed by atoms with Crippen LogP contribution in [0.5, 0.6) is 5.75 Å². The molecule has 1 saturated carbocycles. The van der Waals surface area contributed by atoms with E-state index in [1.54, 1.807) is 19.2 Å². The first-order valence-corrected chi connectivity index (χ1v) is 13.0. The van der Waals surface area contributed by atoms with Crippen molar-refractivity contribution in [2.75, 3.05) is 40.3 Å². The Labute approximate surface area is 200 Å². The lowest BCUT2D eigenvalue weighted by molar-refractivity contribution is -0.137. The molecule has 4 rings (SSSR count). The van der Waals surface area contributed by atoms with Gasteiger partial charge in [0, 0.05) is 43.2 Å². The molecule has 0 unspecified atom stereocenters. The van der Waals surface area contributed by atoms with E-state index in [-0.39, 0.29) is 28.7 Å². The molecule has 2 aromatic rings. The van der Waals surface area contributed by atoms with Gasteiger partial charge in [-0.3, -0.25) is 4.79 Å². The molecule has 0 radical (unpaired) electrons. The quantitative estimate of drug-likeness (QED) is 0.672. The van der Waals surface area contributed by atoms with Crippen LogP contribution in [-0.2, 0) is 14.8 Å². The van der Waals surface area contributed by atoms with Crippen molar-refractivity contribution in [3.05, 3.63) is 59.1 Å². The zero-order valence-electron chi connectivity index (χ0n) is 18.9. The highest BCUT2D eigenvalue weighted by atomic mass is 35.5. The lowest BCUT2D eigenvalue weighted by atomic mass is 9.87. The summed E-state index contributed by atoms with van der Waals surface area (Å²) in [4.78, 5) is 17.8. The average Bonchev–Trinajstić information content (AvgIpc) is 3.22. The van der Waals surface area contributed by atoms with E-state index < -0.39 is 10.0 Å². The summed E-state index contributed by atoms with van der Waals surface area (Å²) in [5.41, 5.74) is 1.02. The second-order valence-corrected chi connectivity index (χ2v) is 11.0. The molecule has 0 spiro atoms. The number of likely N-dealkylation sites (N-methyl/N-ethyl adjacent to an activating group) is 1. The summed E-state index contributed by atoms with van der Waals surface area (Å²) in [6.45, 7) is 3.08. The normalized spacial score (nSPS) is 24.1. The van der Waals surface area contributed by atoms with Gasteiger partial charge in [0.2, 0.25) is 15.9 Å². The largest absolute Gasteiger partial charge is 0.497 e.